The number of rotatable bonds is 4. The van der Waals surface area contributed by atoms with Gasteiger partial charge in [0.2, 0.25) is 10.0 Å². The topological polar surface area (TPSA) is 75.4 Å². The van der Waals surface area contributed by atoms with Crippen LogP contribution in [0.3, 0.4) is 0 Å². The second kappa shape index (κ2) is 6.22. The standard InChI is InChI=1S/C14H23N3O2S/c1-11-5-6-12(9-15)8-14(11)20(18,19)16-13-4-3-7-17(2)10-13/h5-6,8,13,16H,3-4,7,9-10,15H2,1-2H3. The molecule has 0 spiro atoms. The minimum absolute atomic E-state index is 0.0142. The zero-order valence-corrected chi connectivity index (χ0v) is 12.9. The van der Waals surface area contributed by atoms with E-state index in [1.807, 2.05) is 26.1 Å². The first-order valence-corrected chi connectivity index (χ1v) is 8.41. The molecule has 0 aliphatic carbocycles. The molecule has 0 saturated carbocycles. The average Bonchev–Trinajstić information content (AvgIpc) is 2.38. The molecular weight excluding hydrogens is 274 g/mol. The summed E-state index contributed by atoms with van der Waals surface area (Å²) in [5, 5.41) is 0. The van der Waals surface area contributed by atoms with Crippen molar-refractivity contribution >= 4 is 10.0 Å². The number of sulfonamides is 1. The van der Waals surface area contributed by atoms with E-state index >= 15 is 0 Å². The largest absolute Gasteiger partial charge is 0.326 e. The maximum atomic E-state index is 12.5. The third kappa shape index (κ3) is 3.58. The lowest BCUT2D eigenvalue weighted by Gasteiger charge is -2.30. The second-order valence-corrected chi connectivity index (χ2v) is 7.21. The van der Waals surface area contributed by atoms with Crippen LogP contribution in [0.15, 0.2) is 23.1 Å². The molecule has 0 bridgehead atoms. The Labute approximate surface area is 121 Å². The molecule has 1 unspecified atom stereocenters. The van der Waals surface area contributed by atoms with E-state index in [9.17, 15) is 8.42 Å². The molecule has 1 aliphatic rings. The van der Waals surface area contributed by atoms with Crippen LogP contribution in [0.1, 0.15) is 24.0 Å². The van der Waals surface area contributed by atoms with Gasteiger partial charge < -0.3 is 10.6 Å². The van der Waals surface area contributed by atoms with Crippen molar-refractivity contribution in [2.24, 2.45) is 5.73 Å². The second-order valence-electron chi connectivity index (χ2n) is 5.53. The van der Waals surface area contributed by atoms with E-state index in [0.717, 1.165) is 37.1 Å². The Morgan fingerprint density at radius 2 is 2.20 bits per heavy atom. The monoisotopic (exact) mass is 297 g/mol. The van der Waals surface area contributed by atoms with Gasteiger partial charge in [0.15, 0.2) is 0 Å². The molecular formula is C14H23N3O2S. The molecule has 20 heavy (non-hydrogen) atoms. The van der Waals surface area contributed by atoms with Crippen LogP contribution < -0.4 is 10.5 Å². The normalized spacial score (nSPS) is 21.1. The van der Waals surface area contributed by atoms with E-state index in [0.29, 0.717) is 11.4 Å². The lowest BCUT2D eigenvalue weighted by atomic mass is 10.1. The van der Waals surface area contributed by atoms with Crippen molar-refractivity contribution in [1.29, 1.82) is 0 Å². The van der Waals surface area contributed by atoms with E-state index in [2.05, 4.69) is 9.62 Å². The number of likely N-dealkylation sites (tertiary alicyclic amines) is 1. The quantitative estimate of drug-likeness (QED) is 0.863. The van der Waals surface area contributed by atoms with Gasteiger partial charge in [-0.25, -0.2) is 13.1 Å². The molecule has 5 nitrogen and oxygen atoms in total. The fourth-order valence-electron chi connectivity index (χ4n) is 2.61. The van der Waals surface area contributed by atoms with Crippen LogP contribution in [-0.4, -0.2) is 39.5 Å². The highest BCUT2D eigenvalue weighted by Gasteiger charge is 2.25. The van der Waals surface area contributed by atoms with Gasteiger partial charge in [-0.1, -0.05) is 12.1 Å². The van der Waals surface area contributed by atoms with Gasteiger partial charge in [0, 0.05) is 19.1 Å². The van der Waals surface area contributed by atoms with E-state index < -0.39 is 10.0 Å². The number of benzene rings is 1. The number of likely N-dealkylation sites (N-methyl/N-ethyl adjacent to an activating group) is 1. The summed E-state index contributed by atoms with van der Waals surface area (Å²) in [6.07, 6.45) is 1.91. The average molecular weight is 297 g/mol. The Bertz CT molecular complexity index is 572. The van der Waals surface area contributed by atoms with E-state index in [4.69, 9.17) is 5.73 Å². The fourth-order valence-corrected chi connectivity index (χ4v) is 4.16. The van der Waals surface area contributed by atoms with E-state index in [1.54, 1.807) is 6.07 Å². The van der Waals surface area contributed by atoms with Gasteiger partial charge in [-0.15, -0.1) is 0 Å². The Hall–Kier alpha value is -0.950. The molecule has 1 saturated heterocycles. The number of piperidine rings is 1. The van der Waals surface area contributed by atoms with Crippen molar-refractivity contribution in [3.63, 3.8) is 0 Å². The smallest absolute Gasteiger partial charge is 0.241 e. The molecule has 0 amide bonds. The van der Waals surface area contributed by atoms with Gasteiger partial charge in [-0.05, 0) is 50.6 Å². The lowest BCUT2D eigenvalue weighted by molar-refractivity contribution is 0.242. The molecule has 1 aliphatic heterocycles. The minimum atomic E-state index is -3.48. The number of nitrogens with zero attached hydrogens (tertiary/aromatic N) is 1. The molecule has 3 N–H and O–H groups in total. The van der Waals surface area contributed by atoms with Crippen LogP contribution in [0.2, 0.25) is 0 Å². The van der Waals surface area contributed by atoms with Crippen LogP contribution >= 0.6 is 0 Å². The van der Waals surface area contributed by atoms with Gasteiger partial charge in [0.25, 0.3) is 0 Å². The van der Waals surface area contributed by atoms with Gasteiger partial charge in [0.1, 0.15) is 0 Å². The minimum Gasteiger partial charge on any atom is -0.326 e. The van der Waals surface area contributed by atoms with Crippen LogP contribution in [0, 0.1) is 6.92 Å². The molecule has 1 atom stereocenters. The first kappa shape index (κ1) is 15.4. The van der Waals surface area contributed by atoms with E-state index in [-0.39, 0.29) is 6.04 Å². The fraction of sp³-hybridized carbons (Fsp3) is 0.571. The van der Waals surface area contributed by atoms with Gasteiger partial charge in [0.05, 0.1) is 4.90 Å². The number of nitrogens with one attached hydrogen (secondary N) is 1. The van der Waals surface area contributed by atoms with Gasteiger partial charge >= 0.3 is 0 Å². The highest BCUT2D eigenvalue weighted by Crippen LogP contribution is 2.19. The summed E-state index contributed by atoms with van der Waals surface area (Å²) in [6.45, 7) is 3.94. The predicted octanol–water partition coefficient (Wildman–Crippen LogP) is 0.826. The third-order valence-corrected chi connectivity index (χ3v) is 5.39. The SMILES string of the molecule is Cc1ccc(CN)cc1S(=O)(=O)NC1CCCN(C)C1. The molecule has 2 rings (SSSR count). The van der Waals surface area contributed by atoms with Crippen LogP contribution in [0.5, 0.6) is 0 Å². The molecule has 1 heterocycles. The van der Waals surface area contributed by atoms with Crippen molar-refractivity contribution < 1.29 is 8.42 Å². The van der Waals surface area contributed by atoms with Crippen LogP contribution in [-0.2, 0) is 16.6 Å². The number of nitrogens with two attached hydrogens (primary N) is 1. The first-order valence-electron chi connectivity index (χ1n) is 6.93. The van der Waals surface area contributed by atoms with Crippen LogP contribution in [0.25, 0.3) is 0 Å². The Kier molecular flexibility index (Phi) is 4.80. The zero-order chi connectivity index (χ0) is 14.8. The Morgan fingerprint density at radius 3 is 2.85 bits per heavy atom. The predicted molar refractivity (Wildman–Crippen MR) is 79.9 cm³/mol. The van der Waals surface area contributed by atoms with Crippen molar-refractivity contribution in [2.75, 3.05) is 20.1 Å². The Morgan fingerprint density at radius 1 is 1.45 bits per heavy atom. The summed E-state index contributed by atoms with van der Waals surface area (Å²) < 4.78 is 27.9. The first-order chi connectivity index (χ1) is 9.42. The summed E-state index contributed by atoms with van der Waals surface area (Å²) in [7, 11) is -1.46. The summed E-state index contributed by atoms with van der Waals surface area (Å²) in [4.78, 5) is 2.49. The molecule has 0 radical (unpaired) electrons. The van der Waals surface area contributed by atoms with Gasteiger partial charge in [-0.2, -0.15) is 0 Å². The van der Waals surface area contributed by atoms with Crippen molar-refractivity contribution in [2.45, 2.75) is 37.2 Å². The van der Waals surface area contributed by atoms with Crippen molar-refractivity contribution in [3.8, 4) is 0 Å². The molecule has 1 aromatic carbocycles. The highest BCUT2D eigenvalue weighted by molar-refractivity contribution is 7.89. The van der Waals surface area contributed by atoms with E-state index in [1.165, 1.54) is 0 Å². The number of hydrogen-bond acceptors (Lipinski definition) is 4. The van der Waals surface area contributed by atoms with Gasteiger partial charge in [-0.3, -0.25) is 0 Å². The van der Waals surface area contributed by atoms with Crippen molar-refractivity contribution in [1.82, 2.24) is 9.62 Å². The number of aryl methyl sites for hydroxylation is 1. The van der Waals surface area contributed by atoms with Crippen molar-refractivity contribution in [3.05, 3.63) is 29.3 Å². The maximum absolute atomic E-state index is 12.5. The molecule has 0 aromatic heterocycles. The van der Waals surface area contributed by atoms with Crippen LogP contribution in [0.4, 0.5) is 0 Å². The lowest BCUT2D eigenvalue weighted by Crippen LogP contribution is -2.46. The Balaban J connectivity index is 2.21. The summed E-state index contributed by atoms with van der Waals surface area (Å²) >= 11 is 0. The summed E-state index contributed by atoms with van der Waals surface area (Å²) in [5.74, 6) is 0. The molecule has 112 valence electrons. The summed E-state index contributed by atoms with van der Waals surface area (Å²) in [5.41, 5.74) is 7.17. The molecule has 1 aromatic rings. The zero-order valence-electron chi connectivity index (χ0n) is 12.1. The molecule has 1 fully saturated rings. The maximum Gasteiger partial charge on any atom is 0.241 e. The number of hydrogen-bond donors (Lipinski definition) is 2. The molecule has 6 heteroatoms. The third-order valence-electron chi connectivity index (χ3n) is 3.72. The summed E-state index contributed by atoms with van der Waals surface area (Å²) in [6, 6.07) is 5.33. The highest BCUT2D eigenvalue weighted by atomic mass is 32.2.